The number of hydrogen-bond acceptors (Lipinski definition) is 4. The van der Waals surface area contributed by atoms with E-state index in [9.17, 15) is 9.59 Å². The maximum absolute atomic E-state index is 12.4. The van der Waals surface area contributed by atoms with Crippen LogP contribution in [0.4, 0.5) is 0 Å². The van der Waals surface area contributed by atoms with Crippen molar-refractivity contribution in [2.75, 3.05) is 14.2 Å². The number of aromatic nitrogens is 1. The van der Waals surface area contributed by atoms with Crippen LogP contribution in [-0.2, 0) is 4.79 Å². The Labute approximate surface area is 139 Å². The number of carbonyl (C=O) groups excluding carboxylic acids is 1. The zero-order chi connectivity index (χ0) is 17.7. The summed E-state index contributed by atoms with van der Waals surface area (Å²) in [6, 6.07) is 4.36. The molecule has 0 bridgehead atoms. The molecular formula is C17H20N2O5. The molecule has 1 unspecified atom stereocenters. The quantitative estimate of drug-likeness (QED) is 0.722. The first-order valence-corrected chi connectivity index (χ1v) is 7.34. The van der Waals surface area contributed by atoms with Crippen LogP contribution >= 0.6 is 0 Å². The summed E-state index contributed by atoms with van der Waals surface area (Å²) in [7, 11) is 3.01. The fourth-order valence-corrected chi connectivity index (χ4v) is 2.42. The number of amides is 1. The van der Waals surface area contributed by atoms with E-state index in [2.05, 4.69) is 10.3 Å². The molecule has 7 heteroatoms. The van der Waals surface area contributed by atoms with Crippen LogP contribution in [0.15, 0.2) is 30.6 Å². The van der Waals surface area contributed by atoms with Crippen molar-refractivity contribution in [3.05, 3.63) is 47.3 Å². The third-order valence-electron chi connectivity index (χ3n) is 3.69. The Morgan fingerprint density at radius 3 is 2.46 bits per heavy atom. The van der Waals surface area contributed by atoms with Crippen molar-refractivity contribution in [2.45, 2.75) is 19.4 Å². The van der Waals surface area contributed by atoms with E-state index < -0.39 is 12.0 Å². The monoisotopic (exact) mass is 332 g/mol. The van der Waals surface area contributed by atoms with Crippen LogP contribution in [0, 0.1) is 6.92 Å². The lowest BCUT2D eigenvalue weighted by Crippen LogP contribution is -2.30. The fraction of sp³-hybridized carbons (Fsp3) is 0.294. The van der Waals surface area contributed by atoms with Crippen LogP contribution in [0.3, 0.4) is 0 Å². The van der Waals surface area contributed by atoms with Gasteiger partial charge < -0.3 is 24.9 Å². The molecule has 1 atom stereocenters. The first-order chi connectivity index (χ1) is 11.5. The number of aliphatic carboxylic acids is 1. The minimum atomic E-state index is -1.01. The van der Waals surface area contributed by atoms with Gasteiger partial charge in [-0.05, 0) is 30.2 Å². The fourth-order valence-electron chi connectivity index (χ4n) is 2.42. The molecule has 0 radical (unpaired) electrons. The third-order valence-corrected chi connectivity index (χ3v) is 3.69. The largest absolute Gasteiger partial charge is 0.493 e. The number of carbonyl (C=O) groups is 2. The van der Waals surface area contributed by atoms with E-state index in [0.29, 0.717) is 22.6 Å². The van der Waals surface area contributed by atoms with E-state index in [4.69, 9.17) is 14.6 Å². The minimum Gasteiger partial charge on any atom is -0.493 e. The molecule has 0 fully saturated rings. The number of aromatic amines is 1. The number of benzene rings is 1. The molecule has 3 N–H and O–H groups in total. The van der Waals surface area contributed by atoms with Crippen molar-refractivity contribution in [1.29, 1.82) is 0 Å². The number of rotatable bonds is 7. The van der Waals surface area contributed by atoms with Crippen molar-refractivity contribution < 1.29 is 24.2 Å². The predicted molar refractivity (Wildman–Crippen MR) is 87.5 cm³/mol. The lowest BCUT2D eigenvalue weighted by atomic mass is 10.0. The molecule has 128 valence electrons. The summed E-state index contributed by atoms with van der Waals surface area (Å²) in [5, 5.41) is 11.9. The number of carboxylic acid groups (broad SMARTS) is 1. The SMILES string of the molecule is COc1ccc(C(CC(=O)O)NC(=O)c2c[nH]cc2C)cc1OC. The van der Waals surface area contributed by atoms with Gasteiger partial charge in [-0.2, -0.15) is 0 Å². The van der Waals surface area contributed by atoms with Gasteiger partial charge in [0.15, 0.2) is 11.5 Å². The molecule has 0 aliphatic rings. The Balaban J connectivity index is 2.30. The summed E-state index contributed by atoms with van der Waals surface area (Å²) in [6.45, 7) is 1.80. The maximum Gasteiger partial charge on any atom is 0.305 e. The molecule has 1 amide bonds. The van der Waals surface area contributed by atoms with Gasteiger partial charge in [0.25, 0.3) is 5.91 Å². The van der Waals surface area contributed by atoms with Crippen LogP contribution < -0.4 is 14.8 Å². The number of carboxylic acids is 1. The van der Waals surface area contributed by atoms with Gasteiger partial charge in [0.1, 0.15) is 0 Å². The summed E-state index contributed by atoms with van der Waals surface area (Å²) in [6.07, 6.45) is 3.04. The van der Waals surface area contributed by atoms with Crippen LogP contribution in [0.1, 0.15) is 33.9 Å². The van der Waals surface area contributed by atoms with Gasteiger partial charge in [-0.3, -0.25) is 9.59 Å². The molecule has 2 rings (SSSR count). The zero-order valence-corrected chi connectivity index (χ0v) is 13.8. The minimum absolute atomic E-state index is 0.245. The first-order valence-electron chi connectivity index (χ1n) is 7.34. The summed E-state index contributed by atoms with van der Waals surface area (Å²) in [5.41, 5.74) is 1.89. The molecule has 24 heavy (non-hydrogen) atoms. The summed E-state index contributed by atoms with van der Waals surface area (Å²) < 4.78 is 10.4. The molecule has 2 aromatic rings. The second-order valence-corrected chi connectivity index (χ2v) is 5.29. The Morgan fingerprint density at radius 2 is 1.92 bits per heavy atom. The van der Waals surface area contributed by atoms with E-state index in [1.54, 1.807) is 37.5 Å². The highest BCUT2D eigenvalue weighted by Crippen LogP contribution is 2.31. The molecule has 0 saturated carbocycles. The molecule has 1 heterocycles. The molecule has 1 aromatic heterocycles. The second-order valence-electron chi connectivity index (χ2n) is 5.29. The lowest BCUT2D eigenvalue weighted by molar-refractivity contribution is -0.137. The van der Waals surface area contributed by atoms with Crippen molar-refractivity contribution in [3.63, 3.8) is 0 Å². The Bertz CT molecular complexity index is 738. The maximum atomic E-state index is 12.4. The highest BCUT2D eigenvalue weighted by Gasteiger charge is 2.21. The van der Waals surface area contributed by atoms with Gasteiger partial charge in [0.2, 0.25) is 0 Å². The van der Waals surface area contributed by atoms with E-state index >= 15 is 0 Å². The van der Waals surface area contributed by atoms with Gasteiger partial charge >= 0.3 is 5.97 Å². The van der Waals surface area contributed by atoms with Gasteiger partial charge in [-0.25, -0.2) is 0 Å². The standard InChI is InChI=1S/C17H20N2O5/c1-10-8-18-9-12(10)17(22)19-13(7-16(20)21)11-4-5-14(23-2)15(6-11)24-3/h4-6,8-9,13,18H,7H2,1-3H3,(H,19,22)(H,20,21). The van der Waals surface area contributed by atoms with Gasteiger partial charge in [0, 0.05) is 12.4 Å². The van der Waals surface area contributed by atoms with Crippen molar-refractivity contribution in [1.82, 2.24) is 10.3 Å². The number of hydrogen-bond donors (Lipinski definition) is 3. The van der Waals surface area contributed by atoms with Crippen molar-refractivity contribution >= 4 is 11.9 Å². The summed E-state index contributed by atoms with van der Waals surface area (Å²) in [4.78, 5) is 26.4. The Kier molecular flexibility index (Phi) is 5.47. The molecule has 0 aliphatic heterocycles. The number of H-pyrrole nitrogens is 1. The smallest absolute Gasteiger partial charge is 0.305 e. The molecule has 0 aliphatic carbocycles. The van der Waals surface area contributed by atoms with E-state index in [1.807, 2.05) is 0 Å². The molecular weight excluding hydrogens is 312 g/mol. The molecule has 7 nitrogen and oxygen atoms in total. The topological polar surface area (TPSA) is 101 Å². The van der Waals surface area contributed by atoms with Gasteiger partial charge in [0.05, 0.1) is 32.2 Å². The van der Waals surface area contributed by atoms with Crippen molar-refractivity contribution in [2.24, 2.45) is 0 Å². The van der Waals surface area contributed by atoms with Crippen molar-refractivity contribution in [3.8, 4) is 11.5 Å². The zero-order valence-electron chi connectivity index (χ0n) is 13.8. The molecule has 1 aromatic carbocycles. The molecule has 0 spiro atoms. The second kappa shape index (κ2) is 7.54. The number of nitrogens with one attached hydrogen (secondary N) is 2. The Morgan fingerprint density at radius 1 is 1.21 bits per heavy atom. The van der Waals surface area contributed by atoms with Crippen LogP contribution in [0.2, 0.25) is 0 Å². The van der Waals surface area contributed by atoms with Crippen LogP contribution in [-0.4, -0.2) is 36.2 Å². The van der Waals surface area contributed by atoms with Crippen LogP contribution in [0.5, 0.6) is 11.5 Å². The Hall–Kier alpha value is -2.96. The number of methoxy groups -OCH3 is 2. The highest BCUT2D eigenvalue weighted by molar-refractivity contribution is 5.95. The van der Waals surface area contributed by atoms with Crippen LogP contribution in [0.25, 0.3) is 0 Å². The average Bonchev–Trinajstić information content (AvgIpc) is 2.99. The highest BCUT2D eigenvalue weighted by atomic mass is 16.5. The van der Waals surface area contributed by atoms with E-state index in [0.717, 1.165) is 5.56 Å². The van der Waals surface area contributed by atoms with Gasteiger partial charge in [-0.15, -0.1) is 0 Å². The number of ether oxygens (including phenoxy) is 2. The van der Waals surface area contributed by atoms with Gasteiger partial charge in [-0.1, -0.05) is 6.07 Å². The summed E-state index contributed by atoms with van der Waals surface area (Å²) in [5.74, 6) is -0.351. The number of aryl methyl sites for hydroxylation is 1. The average molecular weight is 332 g/mol. The third kappa shape index (κ3) is 3.87. The first kappa shape index (κ1) is 17.4. The predicted octanol–water partition coefficient (Wildman–Crippen LogP) is 2.29. The van der Waals surface area contributed by atoms with E-state index in [1.165, 1.54) is 14.2 Å². The molecule has 0 saturated heterocycles. The normalized spacial score (nSPS) is 11.6. The lowest BCUT2D eigenvalue weighted by Gasteiger charge is -2.19. The van der Waals surface area contributed by atoms with E-state index in [-0.39, 0.29) is 12.3 Å². The summed E-state index contributed by atoms with van der Waals surface area (Å²) >= 11 is 0.